The summed E-state index contributed by atoms with van der Waals surface area (Å²) in [5.41, 5.74) is 5.37. The lowest BCUT2D eigenvalue weighted by molar-refractivity contribution is -0.121. The molecule has 144 valence electrons. The first kappa shape index (κ1) is 18.3. The van der Waals surface area contributed by atoms with Gasteiger partial charge >= 0.3 is 0 Å². The van der Waals surface area contributed by atoms with E-state index in [1.54, 1.807) is 0 Å². The van der Waals surface area contributed by atoms with Crippen LogP contribution in [0.4, 0.5) is 0 Å². The number of carbonyl (C=O) groups excluding carboxylic acids is 1. The van der Waals surface area contributed by atoms with E-state index >= 15 is 0 Å². The van der Waals surface area contributed by atoms with Crippen LogP contribution in [-0.2, 0) is 24.2 Å². The van der Waals surface area contributed by atoms with Gasteiger partial charge in [-0.3, -0.25) is 4.79 Å². The van der Waals surface area contributed by atoms with Crippen LogP contribution in [0, 0.1) is 13.8 Å². The molecule has 0 saturated heterocycles. The lowest BCUT2D eigenvalue weighted by atomic mass is 10.1. The number of benzene rings is 2. The Morgan fingerprint density at radius 3 is 2.71 bits per heavy atom. The largest absolute Gasteiger partial charge is 0.489 e. The zero-order valence-corrected chi connectivity index (χ0v) is 16.2. The SMILES string of the molecule is Cc1noc(C)c1COc1ccc(CC(=O)N[C@@H]2CCc3ccccc32)cc1. The molecular weight excluding hydrogens is 352 g/mol. The Bertz CT molecular complexity index is 956. The second-order valence-corrected chi connectivity index (χ2v) is 7.27. The fourth-order valence-electron chi connectivity index (χ4n) is 3.70. The van der Waals surface area contributed by atoms with E-state index in [0.717, 1.165) is 41.2 Å². The lowest BCUT2D eigenvalue weighted by Gasteiger charge is -2.14. The smallest absolute Gasteiger partial charge is 0.224 e. The number of aromatic nitrogens is 1. The Labute approximate surface area is 164 Å². The monoisotopic (exact) mass is 376 g/mol. The van der Waals surface area contributed by atoms with E-state index in [1.807, 2.05) is 44.2 Å². The summed E-state index contributed by atoms with van der Waals surface area (Å²) in [6, 6.07) is 16.1. The highest BCUT2D eigenvalue weighted by atomic mass is 16.5. The van der Waals surface area contributed by atoms with E-state index in [2.05, 4.69) is 28.7 Å². The van der Waals surface area contributed by atoms with Gasteiger partial charge in [0.15, 0.2) is 0 Å². The van der Waals surface area contributed by atoms with Crippen molar-refractivity contribution < 1.29 is 14.1 Å². The van der Waals surface area contributed by atoms with Gasteiger partial charge in [-0.25, -0.2) is 0 Å². The number of hydrogen-bond donors (Lipinski definition) is 1. The number of nitrogens with zero attached hydrogens (tertiary/aromatic N) is 1. The van der Waals surface area contributed by atoms with E-state index in [0.29, 0.717) is 13.0 Å². The molecule has 0 unspecified atom stereocenters. The molecule has 0 radical (unpaired) electrons. The molecule has 4 rings (SSSR count). The van der Waals surface area contributed by atoms with Gasteiger partial charge in [0.2, 0.25) is 5.91 Å². The number of fused-ring (bicyclic) bond motifs is 1. The van der Waals surface area contributed by atoms with Gasteiger partial charge in [-0.2, -0.15) is 0 Å². The summed E-state index contributed by atoms with van der Waals surface area (Å²) in [6.45, 7) is 4.20. The molecule has 0 fully saturated rings. The molecule has 2 aromatic carbocycles. The van der Waals surface area contributed by atoms with E-state index in [9.17, 15) is 4.79 Å². The van der Waals surface area contributed by atoms with Gasteiger partial charge in [0, 0.05) is 0 Å². The normalized spacial score (nSPS) is 15.3. The molecule has 1 atom stereocenters. The first-order valence-electron chi connectivity index (χ1n) is 9.61. The maximum absolute atomic E-state index is 12.5. The van der Waals surface area contributed by atoms with Gasteiger partial charge in [-0.15, -0.1) is 0 Å². The third-order valence-electron chi connectivity index (χ3n) is 5.32. The molecule has 1 aliphatic carbocycles. The number of amides is 1. The highest BCUT2D eigenvalue weighted by molar-refractivity contribution is 5.79. The Morgan fingerprint density at radius 1 is 1.18 bits per heavy atom. The Morgan fingerprint density at radius 2 is 1.96 bits per heavy atom. The fourth-order valence-corrected chi connectivity index (χ4v) is 3.70. The van der Waals surface area contributed by atoms with Crippen molar-refractivity contribution in [1.82, 2.24) is 10.5 Å². The first-order chi connectivity index (χ1) is 13.6. The van der Waals surface area contributed by atoms with Crippen LogP contribution in [0.1, 0.15) is 46.2 Å². The average molecular weight is 376 g/mol. The highest BCUT2D eigenvalue weighted by Gasteiger charge is 2.23. The summed E-state index contributed by atoms with van der Waals surface area (Å²) >= 11 is 0. The Kier molecular flexibility index (Phi) is 5.15. The number of ether oxygens (including phenoxy) is 1. The number of aryl methyl sites for hydroxylation is 3. The number of carbonyl (C=O) groups is 1. The standard InChI is InChI=1S/C23H24N2O3/c1-15-21(16(2)28-25-15)14-27-19-10-7-17(8-11-19)13-23(26)24-22-12-9-18-5-3-4-6-20(18)22/h3-8,10-11,22H,9,12-14H2,1-2H3,(H,24,26)/t22-/m1/s1. The lowest BCUT2D eigenvalue weighted by Crippen LogP contribution is -2.28. The highest BCUT2D eigenvalue weighted by Crippen LogP contribution is 2.30. The van der Waals surface area contributed by atoms with Crippen molar-refractivity contribution in [3.63, 3.8) is 0 Å². The molecule has 5 heteroatoms. The zero-order valence-electron chi connectivity index (χ0n) is 16.2. The molecule has 1 aromatic heterocycles. The van der Waals surface area contributed by atoms with Gasteiger partial charge in [-0.1, -0.05) is 41.6 Å². The first-order valence-corrected chi connectivity index (χ1v) is 9.61. The zero-order chi connectivity index (χ0) is 19.5. The molecule has 28 heavy (non-hydrogen) atoms. The minimum atomic E-state index is 0.0473. The van der Waals surface area contributed by atoms with Crippen LogP contribution in [0.25, 0.3) is 0 Å². The Balaban J connectivity index is 1.31. The van der Waals surface area contributed by atoms with Crippen LogP contribution in [0.15, 0.2) is 53.1 Å². The Hall–Kier alpha value is -3.08. The third kappa shape index (κ3) is 3.93. The number of rotatable bonds is 6. The fraction of sp³-hybridized carbons (Fsp3) is 0.304. The second kappa shape index (κ2) is 7.89. The molecule has 1 N–H and O–H groups in total. The maximum Gasteiger partial charge on any atom is 0.224 e. The van der Waals surface area contributed by atoms with E-state index in [1.165, 1.54) is 11.1 Å². The van der Waals surface area contributed by atoms with Gasteiger partial charge in [0.1, 0.15) is 18.1 Å². The van der Waals surface area contributed by atoms with Crippen LogP contribution in [0.2, 0.25) is 0 Å². The summed E-state index contributed by atoms with van der Waals surface area (Å²) in [7, 11) is 0. The maximum atomic E-state index is 12.5. The molecule has 0 aliphatic heterocycles. The predicted octanol–water partition coefficient (Wildman–Crippen LogP) is 4.22. The van der Waals surface area contributed by atoms with Crippen molar-refractivity contribution in [2.24, 2.45) is 0 Å². The van der Waals surface area contributed by atoms with Crippen molar-refractivity contribution in [3.8, 4) is 5.75 Å². The summed E-state index contributed by atoms with van der Waals surface area (Å²) in [4.78, 5) is 12.5. The summed E-state index contributed by atoms with van der Waals surface area (Å²) in [6.07, 6.45) is 2.36. The number of hydrogen-bond acceptors (Lipinski definition) is 4. The number of nitrogens with one attached hydrogen (secondary N) is 1. The second-order valence-electron chi connectivity index (χ2n) is 7.27. The topological polar surface area (TPSA) is 64.4 Å². The average Bonchev–Trinajstić information content (AvgIpc) is 3.25. The molecule has 5 nitrogen and oxygen atoms in total. The van der Waals surface area contributed by atoms with Crippen LogP contribution < -0.4 is 10.1 Å². The molecule has 3 aromatic rings. The van der Waals surface area contributed by atoms with Crippen molar-refractivity contribution in [2.45, 2.75) is 45.8 Å². The van der Waals surface area contributed by atoms with Crippen LogP contribution in [-0.4, -0.2) is 11.1 Å². The molecule has 1 amide bonds. The molecule has 1 aliphatic rings. The summed E-state index contributed by atoms with van der Waals surface area (Å²) < 4.78 is 11.0. The van der Waals surface area contributed by atoms with E-state index < -0.39 is 0 Å². The molecule has 0 spiro atoms. The van der Waals surface area contributed by atoms with E-state index in [4.69, 9.17) is 9.26 Å². The van der Waals surface area contributed by atoms with Gasteiger partial charge in [0.25, 0.3) is 0 Å². The van der Waals surface area contributed by atoms with Crippen molar-refractivity contribution in [2.75, 3.05) is 0 Å². The molecule has 0 bridgehead atoms. The van der Waals surface area contributed by atoms with Crippen LogP contribution in [0.5, 0.6) is 5.75 Å². The quantitative estimate of drug-likeness (QED) is 0.700. The minimum Gasteiger partial charge on any atom is -0.489 e. The molecule has 0 saturated carbocycles. The molecule has 1 heterocycles. The molecular formula is C23H24N2O3. The van der Waals surface area contributed by atoms with Crippen molar-refractivity contribution >= 4 is 5.91 Å². The summed E-state index contributed by atoms with van der Waals surface area (Å²) in [5, 5.41) is 7.10. The minimum absolute atomic E-state index is 0.0473. The van der Waals surface area contributed by atoms with Crippen LogP contribution >= 0.6 is 0 Å². The third-order valence-corrected chi connectivity index (χ3v) is 5.32. The summed E-state index contributed by atoms with van der Waals surface area (Å²) in [5.74, 6) is 1.58. The van der Waals surface area contributed by atoms with E-state index in [-0.39, 0.29) is 11.9 Å². The van der Waals surface area contributed by atoms with Gasteiger partial charge < -0.3 is 14.6 Å². The van der Waals surface area contributed by atoms with Crippen LogP contribution in [0.3, 0.4) is 0 Å². The van der Waals surface area contributed by atoms with Crippen molar-refractivity contribution in [1.29, 1.82) is 0 Å². The van der Waals surface area contributed by atoms with Gasteiger partial charge in [-0.05, 0) is 55.5 Å². The van der Waals surface area contributed by atoms with Gasteiger partial charge in [0.05, 0.1) is 23.7 Å². The van der Waals surface area contributed by atoms with Crippen molar-refractivity contribution in [3.05, 3.63) is 82.2 Å². The predicted molar refractivity (Wildman–Crippen MR) is 106 cm³/mol.